The van der Waals surface area contributed by atoms with Crippen molar-refractivity contribution >= 4 is 35.1 Å². The molecule has 2 heterocycles. The molecule has 0 radical (unpaired) electrons. The van der Waals surface area contributed by atoms with Gasteiger partial charge in [0.05, 0.1) is 5.25 Å². The number of nitrogens with one attached hydrogen (secondary N) is 1. The Balaban J connectivity index is 1.49. The van der Waals surface area contributed by atoms with Crippen molar-refractivity contribution in [1.29, 1.82) is 0 Å². The lowest BCUT2D eigenvalue weighted by Gasteiger charge is -2.29. The zero-order chi connectivity index (χ0) is 20.4. The normalized spacial score (nSPS) is 23.9. The van der Waals surface area contributed by atoms with Crippen molar-refractivity contribution in [3.05, 3.63) is 41.7 Å². The number of hydrogen-bond acceptors (Lipinski definition) is 5. The van der Waals surface area contributed by atoms with E-state index in [0.29, 0.717) is 11.2 Å². The molecule has 1 saturated carbocycles. The molecular formula is C23H29N3OS2. The molecule has 4 rings (SSSR count). The van der Waals surface area contributed by atoms with Crippen LogP contribution in [0.4, 0.5) is 5.69 Å². The van der Waals surface area contributed by atoms with Crippen molar-refractivity contribution in [2.75, 3.05) is 5.32 Å². The maximum atomic E-state index is 12.9. The fourth-order valence-electron chi connectivity index (χ4n) is 4.31. The lowest BCUT2D eigenvalue weighted by atomic mass is 9.80. The fraction of sp³-hybridized carbons (Fsp3) is 0.522. The zero-order valence-electron chi connectivity index (χ0n) is 17.4. The Morgan fingerprint density at radius 2 is 2.03 bits per heavy atom. The Labute approximate surface area is 182 Å². The highest BCUT2D eigenvalue weighted by Crippen LogP contribution is 2.54. The molecule has 4 nitrogen and oxygen atoms in total. The number of anilines is 1. The fourth-order valence-corrected chi connectivity index (χ4v) is 7.09. The minimum Gasteiger partial charge on any atom is -0.325 e. The van der Waals surface area contributed by atoms with Gasteiger partial charge >= 0.3 is 0 Å². The molecule has 2 aliphatic rings. The second-order valence-electron chi connectivity index (χ2n) is 8.13. The molecule has 29 heavy (non-hydrogen) atoms. The van der Waals surface area contributed by atoms with E-state index in [2.05, 4.69) is 48.2 Å². The molecule has 2 aromatic rings. The molecule has 6 heteroatoms. The van der Waals surface area contributed by atoms with E-state index >= 15 is 0 Å². The Bertz CT molecular complexity index is 871. The summed E-state index contributed by atoms with van der Waals surface area (Å²) in [6, 6.07) is 8.12. The quantitative estimate of drug-likeness (QED) is 0.458. The van der Waals surface area contributed by atoms with E-state index in [1.54, 1.807) is 18.1 Å². The number of rotatable bonds is 6. The lowest BCUT2D eigenvalue weighted by molar-refractivity contribution is -0.115. The molecule has 1 aromatic heterocycles. The number of aromatic nitrogens is 2. The first kappa shape index (κ1) is 20.7. The molecule has 1 N–H and O–H groups in total. The third kappa shape index (κ3) is 4.48. The first-order valence-electron chi connectivity index (χ1n) is 10.7. The summed E-state index contributed by atoms with van der Waals surface area (Å²) in [4.78, 5) is 22.1. The summed E-state index contributed by atoms with van der Waals surface area (Å²) in [7, 11) is 0. The standard InChI is InChI=1S/C23H29N3OS2/c1-4-15-7-9-16(10-8-15)26-21(27)18(5-2)28-22-20-17-11-6-14(3)12-19(17)29-23(20)25-13-24-22/h7-10,13-14,17-19H,4-6,11-12H2,1-3H3,(H,26,27). The Hall–Kier alpha value is -1.53. The number of benzene rings is 1. The molecule has 1 aliphatic carbocycles. The number of carbonyl (C=O) groups is 1. The third-order valence-electron chi connectivity index (χ3n) is 6.05. The van der Waals surface area contributed by atoms with Crippen LogP contribution in [0.15, 0.2) is 40.6 Å². The molecule has 1 amide bonds. The van der Waals surface area contributed by atoms with Gasteiger partial charge in [0.25, 0.3) is 0 Å². The van der Waals surface area contributed by atoms with Gasteiger partial charge in [-0.25, -0.2) is 9.97 Å². The first-order valence-corrected chi connectivity index (χ1v) is 12.4. The van der Waals surface area contributed by atoms with Crippen LogP contribution in [0.3, 0.4) is 0 Å². The molecule has 0 saturated heterocycles. The van der Waals surface area contributed by atoms with Gasteiger partial charge in [0.1, 0.15) is 16.4 Å². The van der Waals surface area contributed by atoms with Crippen LogP contribution in [0, 0.1) is 5.92 Å². The number of fused-ring (bicyclic) bond motifs is 3. The van der Waals surface area contributed by atoms with Crippen LogP contribution in [0.25, 0.3) is 0 Å². The van der Waals surface area contributed by atoms with Gasteiger partial charge < -0.3 is 5.32 Å². The minimum absolute atomic E-state index is 0.0496. The number of hydrogen-bond donors (Lipinski definition) is 1. The van der Waals surface area contributed by atoms with Gasteiger partial charge in [0.2, 0.25) is 5.91 Å². The van der Waals surface area contributed by atoms with E-state index < -0.39 is 0 Å². The predicted octanol–water partition coefficient (Wildman–Crippen LogP) is 5.93. The van der Waals surface area contributed by atoms with Gasteiger partial charge in [0.15, 0.2) is 0 Å². The van der Waals surface area contributed by atoms with Gasteiger partial charge in [-0.05, 0) is 49.3 Å². The van der Waals surface area contributed by atoms with Gasteiger partial charge in [-0.2, -0.15) is 0 Å². The van der Waals surface area contributed by atoms with Crippen molar-refractivity contribution in [3.8, 4) is 0 Å². The third-order valence-corrected chi connectivity index (χ3v) is 8.80. The van der Waals surface area contributed by atoms with E-state index in [0.717, 1.165) is 34.5 Å². The molecule has 4 atom stereocenters. The Morgan fingerprint density at radius 3 is 2.76 bits per heavy atom. The monoisotopic (exact) mass is 427 g/mol. The number of carbonyl (C=O) groups excluding carboxylic acids is 1. The summed E-state index contributed by atoms with van der Waals surface area (Å²) < 4.78 is 0. The van der Waals surface area contributed by atoms with Gasteiger partial charge in [-0.15, -0.1) is 11.8 Å². The lowest BCUT2D eigenvalue weighted by Crippen LogP contribution is -2.25. The average molecular weight is 428 g/mol. The van der Waals surface area contributed by atoms with E-state index in [1.807, 2.05) is 23.9 Å². The second-order valence-corrected chi connectivity index (χ2v) is 10.6. The molecule has 0 bridgehead atoms. The van der Waals surface area contributed by atoms with Crippen LogP contribution in [0.1, 0.15) is 63.5 Å². The van der Waals surface area contributed by atoms with Crippen molar-refractivity contribution in [3.63, 3.8) is 0 Å². The van der Waals surface area contributed by atoms with Crippen LogP contribution < -0.4 is 5.32 Å². The summed E-state index contributed by atoms with van der Waals surface area (Å²) in [6.45, 7) is 6.55. The Kier molecular flexibility index (Phi) is 6.50. The van der Waals surface area contributed by atoms with Gasteiger partial charge in [-0.1, -0.05) is 51.1 Å². The molecule has 4 unspecified atom stereocenters. The maximum Gasteiger partial charge on any atom is 0.237 e. The molecule has 154 valence electrons. The number of aryl methyl sites for hydroxylation is 1. The summed E-state index contributed by atoms with van der Waals surface area (Å²) in [5.41, 5.74) is 3.43. The predicted molar refractivity (Wildman–Crippen MR) is 122 cm³/mol. The van der Waals surface area contributed by atoms with Crippen molar-refractivity contribution in [2.24, 2.45) is 5.92 Å². The second kappa shape index (κ2) is 9.09. The van der Waals surface area contributed by atoms with E-state index in [4.69, 9.17) is 0 Å². The summed E-state index contributed by atoms with van der Waals surface area (Å²) in [5, 5.41) is 5.69. The maximum absolute atomic E-state index is 12.9. The minimum atomic E-state index is -0.161. The number of thioether (sulfide) groups is 2. The number of nitrogens with zero attached hydrogens (tertiary/aromatic N) is 2. The van der Waals surface area contributed by atoms with Crippen LogP contribution in [0.2, 0.25) is 0 Å². The van der Waals surface area contributed by atoms with Gasteiger partial charge in [-0.3, -0.25) is 4.79 Å². The highest BCUT2D eigenvalue weighted by atomic mass is 32.2. The van der Waals surface area contributed by atoms with E-state index in [1.165, 1.54) is 30.4 Å². The molecule has 1 aliphatic heterocycles. The molecular weight excluding hydrogens is 398 g/mol. The first-order chi connectivity index (χ1) is 14.1. The molecule has 1 fully saturated rings. The summed E-state index contributed by atoms with van der Waals surface area (Å²) in [6.07, 6.45) is 7.16. The van der Waals surface area contributed by atoms with Crippen LogP contribution in [-0.4, -0.2) is 26.4 Å². The highest BCUT2D eigenvalue weighted by molar-refractivity contribution is 8.01. The number of amides is 1. The largest absolute Gasteiger partial charge is 0.325 e. The van der Waals surface area contributed by atoms with E-state index in [-0.39, 0.29) is 11.2 Å². The summed E-state index contributed by atoms with van der Waals surface area (Å²) in [5.74, 6) is 1.38. The topological polar surface area (TPSA) is 54.9 Å². The van der Waals surface area contributed by atoms with E-state index in [9.17, 15) is 4.79 Å². The summed E-state index contributed by atoms with van der Waals surface area (Å²) >= 11 is 3.53. The van der Waals surface area contributed by atoms with Crippen molar-refractivity contribution in [2.45, 2.75) is 79.3 Å². The van der Waals surface area contributed by atoms with Crippen LogP contribution in [-0.2, 0) is 11.2 Å². The Morgan fingerprint density at radius 1 is 1.24 bits per heavy atom. The highest BCUT2D eigenvalue weighted by Gasteiger charge is 2.40. The van der Waals surface area contributed by atoms with Crippen molar-refractivity contribution < 1.29 is 4.79 Å². The van der Waals surface area contributed by atoms with Crippen molar-refractivity contribution in [1.82, 2.24) is 9.97 Å². The van der Waals surface area contributed by atoms with Crippen LogP contribution in [0.5, 0.6) is 0 Å². The smallest absolute Gasteiger partial charge is 0.237 e. The molecule has 1 aromatic carbocycles. The SMILES string of the molecule is CCc1ccc(NC(=O)C(CC)Sc2ncnc3c2C2CCC(C)CC2S3)cc1. The van der Waals surface area contributed by atoms with Crippen LogP contribution >= 0.6 is 23.5 Å². The molecule has 0 spiro atoms. The average Bonchev–Trinajstić information content (AvgIpc) is 3.10. The van der Waals surface area contributed by atoms with Gasteiger partial charge in [0, 0.05) is 22.4 Å². The zero-order valence-corrected chi connectivity index (χ0v) is 19.0.